The number of rotatable bonds is 1. The predicted octanol–water partition coefficient (Wildman–Crippen LogP) is 4.04. The van der Waals surface area contributed by atoms with Crippen LogP contribution in [0.3, 0.4) is 0 Å². The first kappa shape index (κ1) is 12.5. The van der Waals surface area contributed by atoms with E-state index in [9.17, 15) is 0 Å². The van der Waals surface area contributed by atoms with Gasteiger partial charge in [0.15, 0.2) is 0 Å². The van der Waals surface area contributed by atoms with Crippen molar-refractivity contribution in [2.75, 3.05) is 0 Å². The molecule has 2 rings (SSSR count). The third-order valence-corrected chi connectivity index (χ3v) is 3.09. The molecule has 0 saturated heterocycles. The van der Waals surface area contributed by atoms with Gasteiger partial charge in [-0.2, -0.15) is 0 Å². The summed E-state index contributed by atoms with van der Waals surface area (Å²) in [6, 6.07) is 12.5. The molecule has 2 aromatic rings. The molecule has 0 aromatic heterocycles. The van der Waals surface area contributed by atoms with Gasteiger partial charge in [0, 0.05) is 10.5 Å². The van der Waals surface area contributed by atoms with Gasteiger partial charge in [-0.05, 0) is 29.3 Å². The highest BCUT2D eigenvalue weighted by Crippen LogP contribution is 2.29. The molecule has 0 aliphatic rings. The molecule has 0 bridgehead atoms. The summed E-state index contributed by atoms with van der Waals surface area (Å²) in [6.45, 7) is 2.01. The zero-order valence-corrected chi connectivity index (χ0v) is 10.8. The van der Waals surface area contributed by atoms with E-state index < -0.39 is 0 Å². The second-order valence-electron chi connectivity index (χ2n) is 3.47. The third-order valence-electron chi connectivity index (χ3n) is 2.40. The van der Waals surface area contributed by atoms with Gasteiger partial charge in [-0.15, -0.1) is 12.4 Å². The maximum atomic E-state index is 5.91. The van der Waals surface area contributed by atoms with Gasteiger partial charge in [-0.1, -0.05) is 46.3 Å². The van der Waals surface area contributed by atoms with Gasteiger partial charge in [0.2, 0.25) is 0 Å². The quantitative estimate of drug-likeness (QED) is 0.841. The summed E-state index contributed by atoms with van der Waals surface area (Å²) in [4.78, 5) is 0. The maximum absolute atomic E-state index is 5.91. The average molecular weight is 287 g/mol. The van der Waals surface area contributed by atoms with Crippen LogP contribution in [0.15, 0.2) is 40.9 Å². The number of hydrogen-bond acceptors (Lipinski definition) is 1. The van der Waals surface area contributed by atoms with Crippen LogP contribution in [-0.2, 0) is 0 Å². The second kappa shape index (κ2) is 4.97. The summed E-state index contributed by atoms with van der Waals surface area (Å²) >= 11 is 3.54. The van der Waals surface area contributed by atoms with E-state index in [1.165, 1.54) is 16.3 Å². The van der Waals surface area contributed by atoms with E-state index in [-0.39, 0.29) is 18.4 Å². The van der Waals surface area contributed by atoms with Gasteiger partial charge >= 0.3 is 0 Å². The number of fused-ring (bicyclic) bond motifs is 1. The Morgan fingerprint density at radius 2 is 1.67 bits per heavy atom. The second-order valence-corrected chi connectivity index (χ2v) is 4.33. The fraction of sp³-hybridized carbons (Fsp3) is 0.167. The fourth-order valence-corrected chi connectivity index (χ4v) is 2.16. The number of benzene rings is 2. The molecule has 1 nitrogen and oxygen atoms in total. The SMILES string of the molecule is C[C@@H](N)c1ccc(Br)c2ccccc12.Cl. The molecule has 0 amide bonds. The summed E-state index contributed by atoms with van der Waals surface area (Å²) in [7, 11) is 0. The molecule has 80 valence electrons. The van der Waals surface area contributed by atoms with Gasteiger partial charge in [0.1, 0.15) is 0 Å². The molecule has 0 fully saturated rings. The lowest BCUT2D eigenvalue weighted by atomic mass is 10.0. The van der Waals surface area contributed by atoms with E-state index >= 15 is 0 Å². The molecule has 15 heavy (non-hydrogen) atoms. The Labute approximate surface area is 104 Å². The Morgan fingerprint density at radius 3 is 2.27 bits per heavy atom. The summed E-state index contributed by atoms with van der Waals surface area (Å²) in [6.07, 6.45) is 0. The molecule has 0 aliphatic heterocycles. The van der Waals surface area contributed by atoms with Crippen molar-refractivity contribution in [1.29, 1.82) is 0 Å². The molecule has 0 aliphatic carbocycles. The normalized spacial score (nSPS) is 12.2. The van der Waals surface area contributed by atoms with Crippen LogP contribution in [0.1, 0.15) is 18.5 Å². The summed E-state index contributed by atoms with van der Waals surface area (Å²) in [5.41, 5.74) is 7.11. The summed E-state index contributed by atoms with van der Waals surface area (Å²) < 4.78 is 1.12. The summed E-state index contributed by atoms with van der Waals surface area (Å²) in [5, 5.41) is 2.46. The average Bonchev–Trinajstić information content (AvgIpc) is 2.18. The molecule has 1 atom stereocenters. The van der Waals surface area contributed by atoms with Crippen LogP contribution in [0.4, 0.5) is 0 Å². The van der Waals surface area contributed by atoms with Crippen LogP contribution in [0.2, 0.25) is 0 Å². The molecule has 0 radical (unpaired) electrons. The van der Waals surface area contributed by atoms with E-state index in [1.807, 2.05) is 19.1 Å². The third kappa shape index (κ3) is 2.33. The topological polar surface area (TPSA) is 26.0 Å². The van der Waals surface area contributed by atoms with E-state index in [0.717, 1.165) is 4.47 Å². The largest absolute Gasteiger partial charge is 0.324 e. The minimum atomic E-state index is 0. The molecule has 0 saturated carbocycles. The zero-order valence-electron chi connectivity index (χ0n) is 8.41. The van der Waals surface area contributed by atoms with Crippen molar-refractivity contribution >= 4 is 39.1 Å². The predicted molar refractivity (Wildman–Crippen MR) is 71.5 cm³/mol. The monoisotopic (exact) mass is 285 g/mol. The van der Waals surface area contributed by atoms with Crippen LogP contribution in [-0.4, -0.2) is 0 Å². The zero-order chi connectivity index (χ0) is 10.1. The molecular weight excluding hydrogens is 273 g/mol. The molecule has 0 spiro atoms. The lowest BCUT2D eigenvalue weighted by Crippen LogP contribution is -2.05. The Bertz CT molecular complexity index is 468. The van der Waals surface area contributed by atoms with Gasteiger partial charge in [-0.25, -0.2) is 0 Å². The molecule has 3 heteroatoms. The summed E-state index contributed by atoms with van der Waals surface area (Å²) in [5.74, 6) is 0. The van der Waals surface area contributed by atoms with E-state index in [2.05, 4.69) is 40.2 Å². The Hall–Kier alpha value is -0.570. The van der Waals surface area contributed by atoms with Crippen molar-refractivity contribution in [2.45, 2.75) is 13.0 Å². The highest BCUT2D eigenvalue weighted by molar-refractivity contribution is 9.10. The number of halogens is 2. The Kier molecular flexibility index (Phi) is 4.14. The first-order chi connectivity index (χ1) is 6.70. The minimum absolute atomic E-state index is 0. The first-order valence-corrected chi connectivity index (χ1v) is 5.42. The Balaban J connectivity index is 0.00000112. The molecule has 2 N–H and O–H groups in total. The number of hydrogen-bond donors (Lipinski definition) is 1. The maximum Gasteiger partial charge on any atom is 0.0272 e. The lowest BCUT2D eigenvalue weighted by Gasteiger charge is -2.10. The molecule has 0 unspecified atom stereocenters. The Morgan fingerprint density at radius 1 is 1.07 bits per heavy atom. The van der Waals surface area contributed by atoms with E-state index in [0.29, 0.717) is 0 Å². The van der Waals surface area contributed by atoms with Crippen molar-refractivity contribution in [2.24, 2.45) is 5.73 Å². The van der Waals surface area contributed by atoms with Crippen molar-refractivity contribution in [1.82, 2.24) is 0 Å². The molecule has 2 aromatic carbocycles. The van der Waals surface area contributed by atoms with Gasteiger partial charge in [-0.3, -0.25) is 0 Å². The van der Waals surface area contributed by atoms with Crippen molar-refractivity contribution < 1.29 is 0 Å². The first-order valence-electron chi connectivity index (χ1n) is 4.63. The van der Waals surface area contributed by atoms with E-state index in [4.69, 9.17) is 5.73 Å². The van der Waals surface area contributed by atoms with Crippen LogP contribution in [0.25, 0.3) is 10.8 Å². The number of nitrogens with two attached hydrogens (primary N) is 1. The van der Waals surface area contributed by atoms with Crippen LogP contribution >= 0.6 is 28.3 Å². The van der Waals surface area contributed by atoms with Crippen LogP contribution < -0.4 is 5.73 Å². The minimum Gasteiger partial charge on any atom is -0.324 e. The van der Waals surface area contributed by atoms with Crippen LogP contribution in [0, 0.1) is 0 Å². The van der Waals surface area contributed by atoms with Crippen LogP contribution in [0.5, 0.6) is 0 Å². The van der Waals surface area contributed by atoms with Crippen molar-refractivity contribution in [3.05, 3.63) is 46.4 Å². The molecular formula is C12H13BrClN. The lowest BCUT2D eigenvalue weighted by molar-refractivity contribution is 0.826. The van der Waals surface area contributed by atoms with Gasteiger partial charge in [0.05, 0.1) is 0 Å². The van der Waals surface area contributed by atoms with E-state index in [1.54, 1.807) is 0 Å². The van der Waals surface area contributed by atoms with Crippen molar-refractivity contribution in [3.8, 4) is 0 Å². The van der Waals surface area contributed by atoms with Gasteiger partial charge < -0.3 is 5.73 Å². The molecule has 0 heterocycles. The standard InChI is InChI=1S/C12H12BrN.ClH/c1-8(14)9-6-7-12(13)11-5-3-2-4-10(9)11;/h2-8H,14H2,1H3;1H/t8-;/m1./s1. The highest BCUT2D eigenvalue weighted by atomic mass is 79.9. The highest BCUT2D eigenvalue weighted by Gasteiger charge is 2.06. The van der Waals surface area contributed by atoms with Gasteiger partial charge in [0.25, 0.3) is 0 Å². The fourth-order valence-electron chi connectivity index (χ4n) is 1.68. The van der Waals surface area contributed by atoms with Crippen molar-refractivity contribution in [3.63, 3.8) is 0 Å². The smallest absolute Gasteiger partial charge is 0.0272 e.